The van der Waals surface area contributed by atoms with Gasteiger partial charge in [0.1, 0.15) is 0 Å². The monoisotopic (exact) mass is 415 g/mol. The summed E-state index contributed by atoms with van der Waals surface area (Å²) in [7, 11) is -4.18. The number of benzene rings is 1. The number of aryl methyl sites for hydroxylation is 1. The summed E-state index contributed by atoms with van der Waals surface area (Å²) >= 11 is 0. The van der Waals surface area contributed by atoms with Gasteiger partial charge in [-0.15, -0.1) is 0 Å². The molecule has 1 aliphatic carbocycles. The van der Waals surface area contributed by atoms with Crippen LogP contribution in [0.5, 0.6) is 0 Å². The van der Waals surface area contributed by atoms with Gasteiger partial charge in [-0.2, -0.15) is 18.4 Å². The van der Waals surface area contributed by atoms with Gasteiger partial charge >= 0.3 is 10.2 Å². The summed E-state index contributed by atoms with van der Waals surface area (Å²) in [5.41, 5.74) is 8.25. The van der Waals surface area contributed by atoms with Crippen LogP contribution in [-0.4, -0.2) is 27.9 Å². The second-order valence-corrected chi connectivity index (χ2v) is 8.74. The predicted octanol–water partition coefficient (Wildman–Crippen LogP) is 2.82. The highest BCUT2D eigenvalue weighted by Gasteiger charge is 2.27. The number of nitrogen functional groups attached to an aromatic ring is 1. The topological polar surface area (TPSA) is 133 Å². The van der Waals surface area contributed by atoms with E-state index in [2.05, 4.69) is 15.0 Å². The van der Waals surface area contributed by atoms with E-state index in [1.165, 1.54) is 24.8 Å². The number of nitrogens with zero attached hydrogens (tertiary/aromatic N) is 5. The molecule has 0 saturated heterocycles. The zero-order chi connectivity index (χ0) is 20.6. The molecule has 0 amide bonds. The summed E-state index contributed by atoms with van der Waals surface area (Å²) in [5.74, 6) is 0.519. The Morgan fingerprint density at radius 1 is 1.14 bits per heavy atom. The van der Waals surface area contributed by atoms with Crippen molar-refractivity contribution in [2.75, 3.05) is 10.0 Å². The molecule has 1 fully saturated rings. The molecule has 3 aromatic rings. The number of anilines is 3. The number of rotatable bonds is 5. The molecule has 0 bridgehead atoms. The van der Waals surface area contributed by atoms with Crippen LogP contribution in [0, 0.1) is 0 Å². The molecule has 1 saturated carbocycles. The first kappa shape index (κ1) is 19.6. The van der Waals surface area contributed by atoms with E-state index in [-0.39, 0.29) is 11.8 Å². The van der Waals surface area contributed by atoms with Crippen molar-refractivity contribution >= 4 is 38.8 Å². The molecular formula is C19H25N7O2S. The molecule has 0 atom stereocenters. The molecule has 1 aliphatic rings. The van der Waals surface area contributed by atoms with Gasteiger partial charge in [0.25, 0.3) is 0 Å². The van der Waals surface area contributed by atoms with E-state index in [0.717, 1.165) is 17.1 Å². The summed E-state index contributed by atoms with van der Waals surface area (Å²) < 4.78 is 27.8. The van der Waals surface area contributed by atoms with Gasteiger partial charge in [-0.25, -0.2) is 14.4 Å². The Bertz CT molecular complexity index is 1120. The molecule has 10 heteroatoms. The minimum atomic E-state index is -4.18. The molecule has 2 aromatic heterocycles. The van der Waals surface area contributed by atoms with Crippen LogP contribution in [0.25, 0.3) is 11.2 Å². The maximum Gasteiger partial charge on any atom is 0.304 e. The van der Waals surface area contributed by atoms with Crippen LogP contribution >= 0.6 is 0 Å². The van der Waals surface area contributed by atoms with Crippen molar-refractivity contribution in [3.05, 3.63) is 36.2 Å². The van der Waals surface area contributed by atoms with Gasteiger partial charge in [-0.05, 0) is 43.4 Å². The number of nitrogens with two attached hydrogens (primary N) is 2. The third-order valence-corrected chi connectivity index (χ3v) is 6.35. The van der Waals surface area contributed by atoms with Gasteiger partial charge in [-0.1, -0.05) is 31.4 Å². The summed E-state index contributed by atoms with van der Waals surface area (Å²) in [4.78, 5) is 12.7. The highest BCUT2D eigenvalue weighted by Crippen LogP contribution is 2.36. The lowest BCUT2D eigenvalue weighted by atomic mass is 9.84. The molecule has 0 spiro atoms. The number of hydrogen-bond donors (Lipinski definition) is 2. The maximum absolute atomic E-state index is 12.5. The van der Waals surface area contributed by atoms with E-state index < -0.39 is 10.2 Å². The summed E-state index contributed by atoms with van der Waals surface area (Å²) in [5, 5.41) is 5.57. The zero-order valence-electron chi connectivity index (χ0n) is 16.3. The summed E-state index contributed by atoms with van der Waals surface area (Å²) in [6, 6.07) is 7.45. The lowest BCUT2D eigenvalue weighted by molar-refractivity contribution is 0.443. The minimum absolute atomic E-state index is 0.0461. The number of aromatic nitrogens is 4. The van der Waals surface area contributed by atoms with E-state index in [4.69, 9.17) is 10.9 Å². The van der Waals surface area contributed by atoms with Crippen LogP contribution in [0.1, 0.15) is 50.5 Å². The fraction of sp³-hybridized carbons (Fsp3) is 0.421. The van der Waals surface area contributed by atoms with Crippen molar-refractivity contribution in [3.63, 3.8) is 0 Å². The van der Waals surface area contributed by atoms with Crippen LogP contribution < -0.4 is 15.2 Å². The van der Waals surface area contributed by atoms with Crippen molar-refractivity contribution in [1.29, 1.82) is 0 Å². The molecule has 0 unspecified atom stereocenters. The second kappa shape index (κ2) is 7.60. The molecule has 154 valence electrons. The molecule has 2 heterocycles. The van der Waals surface area contributed by atoms with Crippen LogP contribution in [0.15, 0.2) is 30.6 Å². The highest BCUT2D eigenvalue weighted by atomic mass is 32.2. The fourth-order valence-corrected chi connectivity index (χ4v) is 4.81. The Hall–Kier alpha value is -2.72. The lowest BCUT2D eigenvalue weighted by Gasteiger charge is -2.24. The quantitative estimate of drug-likeness (QED) is 0.658. The van der Waals surface area contributed by atoms with Crippen LogP contribution in [-0.2, 0) is 16.8 Å². The highest BCUT2D eigenvalue weighted by molar-refractivity contribution is 7.90. The van der Waals surface area contributed by atoms with Gasteiger partial charge in [0.05, 0.1) is 12.0 Å². The Morgan fingerprint density at radius 3 is 2.45 bits per heavy atom. The van der Waals surface area contributed by atoms with E-state index in [0.29, 0.717) is 29.3 Å². The van der Waals surface area contributed by atoms with E-state index >= 15 is 0 Å². The molecule has 9 nitrogen and oxygen atoms in total. The van der Waals surface area contributed by atoms with Gasteiger partial charge in [0.2, 0.25) is 5.95 Å². The van der Waals surface area contributed by atoms with Crippen molar-refractivity contribution in [2.45, 2.75) is 51.5 Å². The van der Waals surface area contributed by atoms with Crippen molar-refractivity contribution in [1.82, 2.24) is 19.5 Å². The van der Waals surface area contributed by atoms with Crippen molar-refractivity contribution in [2.24, 2.45) is 5.14 Å². The zero-order valence-corrected chi connectivity index (χ0v) is 17.1. The molecule has 29 heavy (non-hydrogen) atoms. The Labute approximate surface area is 169 Å². The molecule has 0 radical (unpaired) electrons. The smallest absolute Gasteiger partial charge is 0.304 e. The van der Waals surface area contributed by atoms with Crippen LogP contribution in [0.2, 0.25) is 0 Å². The van der Waals surface area contributed by atoms with Crippen molar-refractivity contribution in [3.8, 4) is 0 Å². The Balaban J connectivity index is 1.80. The third-order valence-electron chi connectivity index (χ3n) is 5.45. The first-order chi connectivity index (χ1) is 13.9. The van der Waals surface area contributed by atoms with Crippen molar-refractivity contribution < 1.29 is 8.42 Å². The van der Waals surface area contributed by atoms with Crippen LogP contribution in [0.4, 0.5) is 17.5 Å². The largest absolute Gasteiger partial charge is 0.368 e. The molecule has 0 aliphatic heterocycles. The first-order valence-electron chi connectivity index (χ1n) is 9.80. The SMILES string of the molecule is CCn1cnc2c(N(c3ccc(C4CCCCC4)cc3)S(N)(=O)=O)nc(N)nc21. The number of fused-ring (bicyclic) bond motifs is 1. The molecule has 1 aromatic carbocycles. The van der Waals surface area contributed by atoms with E-state index in [1.54, 1.807) is 23.0 Å². The van der Waals surface area contributed by atoms with E-state index in [1.807, 2.05) is 19.1 Å². The van der Waals surface area contributed by atoms with Gasteiger partial charge in [0.15, 0.2) is 17.0 Å². The summed E-state index contributed by atoms with van der Waals surface area (Å²) in [6.45, 7) is 2.54. The Kier molecular flexibility index (Phi) is 5.13. The molecule has 4 N–H and O–H groups in total. The molecule has 4 rings (SSSR count). The maximum atomic E-state index is 12.5. The normalized spacial score (nSPS) is 15.7. The number of imidazole rings is 1. The number of hydrogen-bond acceptors (Lipinski definition) is 6. The average molecular weight is 416 g/mol. The van der Waals surface area contributed by atoms with Gasteiger partial charge in [-0.3, -0.25) is 0 Å². The lowest BCUT2D eigenvalue weighted by Crippen LogP contribution is -2.33. The standard InChI is InChI=1S/C19H25N7O2S/c1-2-25-12-22-16-17(25)23-19(20)24-18(16)26(29(21,27)28)15-10-8-14(9-11-15)13-6-4-3-5-7-13/h8-13H,2-7H2,1H3,(H2,20,23,24)(H2,21,27,28). The van der Waals surface area contributed by atoms with Gasteiger partial charge < -0.3 is 10.3 Å². The second-order valence-electron chi connectivity index (χ2n) is 7.34. The van der Waals surface area contributed by atoms with Crippen LogP contribution in [0.3, 0.4) is 0 Å². The fourth-order valence-electron chi connectivity index (χ4n) is 4.03. The molecular weight excluding hydrogens is 390 g/mol. The first-order valence-corrected chi connectivity index (χ1v) is 11.3. The predicted molar refractivity (Wildman–Crippen MR) is 113 cm³/mol. The van der Waals surface area contributed by atoms with Gasteiger partial charge in [0, 0.05) is 6.54 Å². The third kappa shape index (κ3) is 3.77. The summed E-state index contributed by atoms with van der Waals surface area (Å²) in [6.07, 6.45) is 7.65. The average Bonchev–Trinajstić information content (AvgIpc) is 3.11. The minimum Gasteiger partial charge on any atom is -0.368 e. The van der Waals surface area contributed by atoms with E-state index in [9.17, 15) is 8.42 Å². The Morgan fingerprint density at radius 2 is 1.83 bits per heavy atom.